The summed E-state index contributed by atoms with van der Waals surface area (Å²) in [5, 5.41) is 9.71. The molecule has 0 aromatic heterocycles. The van der Waals surface area contributed by atoms with Crippen LogP contribution < -0.4 is 4.74 Å². The molecule has 0 amide bonds. The molecule has 2 heteroatoms. The first-order valence-corrected chi connectivity index (χ1v) is 5.56. The van der Waals surface area contributed by atoms with E-state index in [1.54, 1.807) is 6.07 Å². The molecule has 17 heavy (non-hydrogen) atoms. The summed E-state index contributed by atoms with van der Waals surface area (Å²) in [6.45, 7) is 6.44. The third-order valence-electron chi connectivity index (χ3n) is 2.41. The number of aryl methyl sites for hydroxylation is 1. The molecule has 0 aliphatic carbocycles. The van der Waals surface area contributed by atoms with Crippen molar-refractivity contribution in [2.45, 2.75) is 26.9 Å². The number of ether oxygens (including phenoxy) is 1. The fourth-order valence-electron chi connectivity index (χ4n) is 1.47. The number of rotatable bonds is 4. The Morgan fingerprint density at radius 2 is 2.24 bits per heavy atom. The second-order valence-electron chi connectivity index (χ2n) is 4.15. The largest absolute Gasteiger partial charge is 0.489 e. The van der Waals surface area contributed by atoms with Gasteiger partial charge >= 0.3 is 0 Å². The Morgan fingerprint density at radius 3 is 2.82 bits per heavy atom. The summed E-state index contributed by atoms with van der Waals surface area (Å²) in [6, 6.07) is 5.58. The first-order valence-electron chi connectivity index (χ1n) is 5.56. The zero-order chi connectivity index (χ0) is 12.8. The highest BCUT2D eigenvalue weighted by Crippen LogP contribution is 2.28. The van der Waals surface area contributed by atoms with Crippen LogP contribution in [-0.4, -0.2) is 11.7 Å². The minimum absolute atomic E-state index is 0.484. The fraction of sp³-hybridized carbons (Fsp3) is 0.333. The van der Waals surface area contributed by atoms with E-state index in [-0.39, 0.29) is 0 Å². The van der Waals surface area contributed by atoms with Crippen molar-refractivity contribution in [3.05, 3.63) is 41.0 Å². The maximum atomic E-state index is 9.71. The second kappa shape index (κ2) is 6.12. The second-order valence-corrected chi connectivity index (χ2v) is 4.15. The van der Waals surface area contributed by atoms with E-state index >= 15 is 0 Å². The van der Waals surface area contributed by atoms with E-state index in [4.69, 9.17) is 11.2 Å². The molecule has 0 bridgehead atoms. The number of terminal acetylenes is 1. The molecule has 0 radical (unpaired) electrons. The lowest BCUT2D eigenvalue weighted by molar-refractivity contribution is 0.230. The van der Waals surface area contributed by atoms with Crippen LogP contribution in [0.5, 0.6) is 5.75 Å². The molecule has 1 aromatic carbocycles. The van der Waals surface area contributed by atoms with E-state index in [0.717, 1.165) is 5.56 Å². The van der Waals surface area contributed by atoms with Gasteiger partial charge in [-0.1, -0.05) is 29.7 Å². The molecule has 0 heterocycles. The summed E-state index contributed by atoms with van der Waals surface area (Å²) in [5.74, 6) is 2.98. The van der Waals surface area contributed by atoms with Gasteiger partial charge in [0.25, 0.3) is 0 Å². The lowest BCUT2D eigenvalue weighted by Crippen LogP contribution is -2.03. The standard InChI is InChI=1S/C15H18O2/c1-5-14(16)13-8-6-7-12(4)15(13)17-10-9-11(2)3/h1,6-9,14,16H,10H2,2-4H3. The molecule has 2 nitrogen and oxygen atoms in total. The van der Waals surface area contributed by atoms with Crippen LogP contribution in [0.4, 0.5) is 0 Å². The molecule has 0 spiro atoms. The number of para-hydroxylation sites is 1. The predicted molar refractivity (Wildman–Crippen MR) is 69.9 cm³/mol. The van der Waals surface area contributed by atoms with Gasteiger partial charge in [0.15, 0.2) is 0 Å². The van der Waals surface area contributed by atoms with Crippen molar-refractivity contribution in [3.8, 4) is 18.1 Å². The van der Waals surface area contributed by atoms with E-state index < -0.39 is 6.10 Å². The van der Waals surface area contributed by atoms with E-state index in [2.05, 4.69) is 5.92 Å². The zero-order valence-electron chi connectivity index (χ0n) is 10.5. The van der Waals surface area contributed by atoms with Crippen LogP contribution in [-0.2, 0) is 0 Å². The van der Waals surface area contributed by atoms with Crippen molar-refractivity contribution in [1.29, 1.82) is 0 Å². The van der Waals surface area contributed by atoms with Crippen LogP contribution in [0, 0.1) is 19.3 Å². The monoisotopic (exact) mass is 230 g/mol. The van der Waals surface area contributed by atoms with Crippen LogP contribution in [0.2, 0.25) is 0 Å². The first kappa shape index (κ1) is 13.3. The van der Waals surface area contributed by atoms with Gasteiger partial charge in [-0.3, -0.25) is 0 Å². The van der Waals surface area contributed by atoms with Crippen molar-refractivity contribution in [1.82, 2.24) is 0 Å². The van der Waals surface area contributed by atoms with Gasteiger partial charge in [-0.2, -0.15) is 0 Å². The van der Waals surface area contributed by atoms with Crippen LogP contribution in [0.15, 0.2) is 29.8 Å². The van der Waals surface area contributed by atoms with Crippen molar-refractivity contribution in [2.24, 2.45) is 0 Å². The molecule has 0 aliphatic heterocycles. The maximum absolute atomic E-state index is 9.71. The van der Waals surface area contributed by atoms with Gasteiger partial charge in [0.05, 0.1) is 0 Å². The molecule has 1 unspecified atom stereocenters. The quantitative estimate of drug-likeness (QED) is 0.636. The van der Waals surface area contributed by atoms with Crippen molar-refractivity contribution >= 4 is 0 Å². The van der Waals surface area contributed by atoms with Gasteiger partial charge in [-0.15, -0.1) is 6.42 Å². The Bertz CT molecular complexity index is 448. The molecule has 90 valence electrons. The average molecular weight is 230 g/mol. The number of aliphatic hydroxyl groups excluding tert-OH is 1. The Hall–Kier alpha value is -1.72. The number of aliphatic hydroxyl groups is 1. The van der Waals surface area contributed by atoms with E-state index in [1.165, 1.54) is 5.57 Å². The minimum Gasteiger partial charge on any atom is -0.489 e. The van der Waals surface area contributed by atoms with Crippen LogP contribution in [0.25, 0.3) is 0 Å². The van der Waals surface area contributed by atoms with Gasteiger partial charge in [-0.25, -0.2) is 0 Å². The Morgan fingerprint density at radius 1 is 1.53 bits per heavy atom. The Kier molecular flexibility index (Phi) is 4.81. The van der Waals surface area contributed by atoms with E-state index in [0.29, 0.717) is 17.9 Å². The molecule has 1 N–H and O–H groups in total. The third kappa shape index (κ3) is 3.65. The summed E-state index contributed by atoms with van der Waals surface area (Å²) in [4.78, 5) is 0. The first-order chi connectivity index (χ1) is 8.06. The SMILES string of the molecule is C#CC(O)c1cccc(C)c1OCC=C(C)C. The van der Waals surface area contributed by atoms with E-state index in [9.17, 15) is 5.11 Å². The Labute approximate surface area is 103 Å². The number of benzene rings is 1. The van der Waals surface area contributed by atoms with E-state index in [1.807, 2.05) is 39.0 Å². The summed E-state index contributed by atoms with van der Waals surface area (Å²) in [7, 11) is 0. The lowest BCUT2D eigenvalue weighted by Gasteiger charge is -2.14. The average Bonchev–Trinajstić information content (AvgIpc) is 2.29. The number of hydrogen-bond acceptors (Lipinski definition) is 2. The van der Waals surface area contributed by atoms with Gasteiger partial charge in [0, 0.05) is 5.56 Å². The normalized spacial score (nSPS) is 11.5. The van der Waals surface area contributed by atoms with Gasteiger partial charge in [0.2, 0.25) is 0 Å². The topological polar surface area (TPSA) is 29.5 Å². The van der Waals surface area contributed by atoms with Gasteiger partial charge in [-0.05, 0) is 32.4 Å². The molecule has 0 saturated carbocycles. The maximum Gasteiger partial charge on any atom is 0.143 e. The highest BCUT2D eigenvalue weighted by Gasteiger charge is 2.12. The summed E-state index contributed by atoms with van der Waals surface area (Å²) in [5.41, 5.74) is 2.81. The third-order valence-corrected chi connectivity index (χ3v) is 2.41. The van der Waals surface area contributed by atoms with Crippen LogP contribution in [0.1, 0.15) is 31.1 Å². The molecule has 1 rings (SSSR count). The van der Waals surface area contributed by atoms with Crippen molar-refractivity contribution in [3.63, 3.8) is 0 Å². The fourth-order valence-corrected chi connectivity index (χ4v) is 1.47. The molecular formula is C15H18O2. The summed E-state index contributed by atoms with van der Waals surface area (Å²) >= 11 is 0. The minimum atomic E-state index is -0.920. The molecule has 0 aliphatic rings. The highest BCUT2D eigenvalue weighted by molar-refractivity contribution is 5.44. The molecule has 0 fully saturated rings. The molecule has 1 atom stereocenters. The Balaban J connectivity index is 2.96. The molecular weight excluding hydrogens is 212 g/mol. The van der Waals surface area contributed by atoms with Gasteiger partial charge < -0.3 is 9.84 Å². The van der Waals surface area contributed by atoms with Gasteiger partial charge in [0.1, 0.15) is 18.5 Å². The summed E-state index contributed by atoms with van der Waals surface area (Å²) in [6.07, 6.45) is 6.30. The predicted octanol–water partition coefficient (Wildman–Crippen LogP) is 3.01. The van der Waals surface area contributed by atoms with Crippen molar-refractivity contribution < 1.29 is 9.84 Å². The van der Waals surface area contributed by atoms with Crippen molar-refractivity contribution in [2.75, 3.05) is 6.61 Å². The zero-order valence-corrected chi connectivity index (χ0v) is 10.5. The summed E-state index contributed by atoms with van der Waals surface area (Å²) < 4.78 is 5.67. The number of allylic oxidation sites excluding steroid dienone is 1. The smallest absolute Gasteiger partial charge is 0.143 e. The number of hydrogen-bond donors (Lipinski definition) is 1. The molecule has 0 saturated heterocycles. The highest BCUT2D eigenvalue weighted by atomic mass is 16.5. The lowest BCUT2D eigenvalue weighted by atomic mass is 10.1. The molecule has 1 aromatic rings. The van der Waals surface area contributed by atoms with Crippen LogP contribution >= 0.6 is 0 Å². The van der Waals surface area contributed by atoms with Crippen LogP contribution in [0.3, 0.4) is 0 Å².